The lowest BCUT2D eigenvalue weighted by molar-refractivity contribution is 0.241. The van der Waals surface area contributed by atoms with Crippen LogP contribution in [0.1, 0.15) is 24.0 Å². The van der Waals surface area contributed by atoms with Gasteiger partial charge in [-0.3, -0.25) is 4.99 Å². The highest BCUT2D eigenvalue weighted by Crippen LogP contribution is 2.29. The third-order valence-electron chi connectivity index (χ3n) is 5.84. The maximum atomic E-state index is 13.0. The standard InChI is InChI=1S/C22H28N4O2S/c1-18-7-9-20(10-8-18)29(27,28)26-15-11-22(12-16-26)21(23-13-14-25-22)24-17-19-5-3-2-4-6-19/h2-10,25H,11-17H2,1H3,(H,23,24). The second-order valence-electron chi connectivity index (χ2n) is 7.80. The van der Waals surface area contributed by atoms with Gasteiger partial charge in [0.15, 0.2) is 0 Å². The topological polar surface area (TPSA) is 73.8 Å². The van der Waals surface area contributed by atoms with Crippen LogP contribution in [0, 0.1) is 6.92 Å². The molecule has 2 aliphatic rings. The van der Waals surface area contributed by atoms with Gasteiger partial charge in [0.2, 0.25) is 10.0 Å². The molecule has 7 heteroatoms. The number of amidine groups is 1. The van der Waals surface area contributed by atoms with Gasteiger partial charge in [0.1, 0.15) is 5.84 Å². The van der Waals surface area contributed by atoms with Crippen molar-refractivity contribution in [1.29, 1.82) is 0 Å². The first kappa shape index (κ1) is 20.1. The van der Waals surface area contributed by atoms with Crippen molar-refractivity contribution >= 4 is 15.9 Å². The number of nitrogens with one attached hydrogen (secondary N) is 2. The zero-order valence-corrected chi connectivity index (χ0v) is 17.6. The number of hydrogen-bond acceptors (Lipinski definition) is 5. The van der Waals surface area contributed by atoms with Crippen LogP contribution in [0.4, 0.5) is 0 Å². The molecule has 2 aliphatic heterocycles. The molecule has 0 atom stereocenters. The molecular weight excluding hydrogens is 384 g/mol. The second-order valence-corrected chi connectivity index (χ2v) is 9.73. The Kier molecular flexibility index (Phi) is 5.72. The van der Waals surface area contributed by atoms with Crippen molar-refractivity contribution < 1.29 is 8.42 Å². The van der Waals surface area contributed by atoms with Crippen molar-refractivity contribution in [2.75, 3.05) is 26.2 Å². The predicted molar refractivity (Wildman–Crippen MR) is 115 cm³/mol. The van der Waals surface area contributed by atoms with Crippen molar-refractivity contribution in [2.24, 2.45) is 4.99 Å². The zero-order valence-electron chi connectivity index (χ0n) is 16.8. The van der Waals surface area contributed by atoms with Crippen molar-refractivity contribution in [1.82, 2.24) is 14.9 Å². The van der Waals surface area contributed by atoms with Gasteiger partial charge in [-0.25, -0.2) is 8.42 Å². The number of benzene rings is 2. The van der Waals surface area contributed by atoms with Crippen molar-refractivity contribution in [3.05, 3.63) is 65.7 Å². The molecule has 2 aromatic rings. The highest BCUT2D eigenvalue weighted by Gasteiger charge is 2.43. The van der Waals surface area contributed by atoms with Gasteiger partial charge in [0, 0.05) is 26.2 Å². The van der Waals surface area contributed by atoms with E-state index >= 15 is 0 Å². The van der Waals surface area contributed by atoms with E-state index in [0.29, 0.717) is 37.4 Å². The van der Waals surface area contributed by atoms with Crippen LogP contribution in [-0.4, -0.2) is 50.3 Å². The normalized spacial score (nSPS) is 19.7. The number of nitrogens with zero attached hydrogens (tertiary/aromatic N) is 2. The van der Waals surface area contributed by atoms with Crippen LogP contribution in [0.2, 0.25) is 0 Å². The molecule has 154 valence electrons. The minimum absolute atomic E-state index is 0.272. The Hall–Kier alpha value is -2.22. The largest absolute Gasteiger partial charge is 0.368 e. The van der Waals surface area contributed by atoms with Crippen molar-refractivity contribution in [3.8, 4) is 0 Å². The fourth-order valence-corrected chi connectivity index (χ4v) is 5.53. The molecule has 1 saturated heterocycles. The summed E-state index contributed by atoms with van der Waals surface area (Å²) in [4.78, 5) is 5.12. The maximum Gasteiger partial charge on any atom is 0.243 e. The number of piperidine rings is 1. The summed E-state index contributed by atoms with van der Waals surface area (Å²) in [6, 6.07) is 17.3. The SMILES string of the molecule is Cc1ccc(S(=O)(=O)N2CCC3(CC2)NCCN=C3NCc2ccccc2)cc1. The summed E-state index contributed by atoms with van der Waals surface area (Å²) in [6.07, 6.45) is 1.41. The van der Waals surface area contributed by atoms with Crippen molar-refractivity contribution in [3.63, 3.8) is 0 Å². The Labute approximate surface area is 173 Å². The summed E-state index contributed by atoms with van der Waals surface area (Å²) in [5.74, 6) is 0.958. The van der Waals surface area contributed by atoms with Crippen LogP contribution in [-0.2, 0) is 16.6 Å². The molecule has 0 saturated carbocycles. The number of sulfonamides is 1. The second kappa shape index (κ2) is 8.26. The molecule has 2 heterocycles. The Bertz CT molecular complexity index is 964. The van der Waals surface area contributed by atoms with Crippen LogP contribution < -0.4 is 10.6 Å². The smallest absolute Gasteiger partial charge is 0.243 e. The Balaban J connectivity index is 1.45. The highest BCUT2D eigenvalue weighted by molar-refractivity contribution is 7.89. The van der Waals surface area contributed by atoms with E-state index in [1.807, 2.05) is 37.3 Å². The summed E-state index contributed by atoms with van der Waals surface area (Å²) >= 11 is 0. The van der Waals surface area contributed by atoms with Gasteiger partial charge >= 0.3 is 0 Å². The minimum atomic E-state index is -3.46. The van der Waals surface area contributed by atoms with Gasteiger partial charge in [-0.2, -0.15) is 4.31 Å². The van der Waals surface area contributed by atoms with Crippen LogP contribution in [0.25, 0.3) is 0 Å². The van der Waals surface area contributed by atoms with Crippen LogP contribution >= 0.6 is 0 Å². The summed E-state index contributed by atoms with van der Waals surface area (Å²) in [6.45, 7) is 5.20. The molecule has 0 aromatic heterocycles. The minimum Gasteiger partial charge on any atom is -0.368 e. The average Bonchev–Trinajstić information content (AvgIpc) is 2.75. The molecule has 0 unspecified atom stereocenters. The Morgan fingerprint density at radius 1 is 1.07 bits per heavy atom. The van der Waals surface area contributed by atoms with Gasteiger partial charge in [-0.1, -0.05) is 48.0 Å². The van der Waals surface area contributed by atoms with Gasteiger partial charge in [-0.15, -0.1) is 0 Å². The third-order valence-corrected chi connectivity index (χ3v) is 7.75. The molecule has 6 nitrogen and oxygen atoms in total. The maximum absolute atomic E-state index is 13.0. The van der Waals surface area contributed by atoms with Crippen LogP contribution in [0.3, 0.4) is 0 Å². The van der Waals surface area contributed by atoms with E-state index in [1.165, 1.54) is 5.56 Å². The van der Waals surface area contributed by atoms with E-state index in [1.54, 1.807) is 16.4 Å². The molecule has 4 rings (SSSR count). The molecule has 0 amide bonds. The Morgan fingerprint density at radius 3 is 2.45 bits per heavy atom. The summed E-state index contributed by atoms with van der Waals surface area (Å²) < 4.78 is 27.6. The van der Waals surface area contributed by atoms with E-state index in [2.05, 4.69) is 22.8 Å². The quantitative estimate of drug-likeness (QED) is 0.808. The predicted octanol–water partition coefficient (Wildman–Crippen LogP) is 2.31. The lowest BCUT2D eigenvalue weighted by Gasteiger charge is -2.44. The van der Waals surface area contributed by atoms with Gasteiger partial charge < -0.3 is 10.6 Å². The fraction of sp³-hybridized carbons (Fsp3) is 0.409. The number of aliphatic imine (C=N–C) groups is 1. The lowest BCUT2D eigenvalue weighted by Crippen LogP contribution is -2.64. The third kappa shape index (κ3) is 4.22. The highest BCUT2D eigenvalue weighted by atomic mass is 32.2. The molecule has 2 N–H and O–H groups in total. The van der Waals surface area contributed by atoms with E-state index < -0.39 is 10.0 Å². The van der Waals surface area contributed by atoms with Gasteiger partial charge in [0.05, 0.1) is 17.0 Å². The average molecular weight is 413 g/mol. The van der Waals surface area contributed by atoms with Crippen molar-refractivity contribution in [2.45, 2.75) is 36.7 Å². The molecule has 0 bridgehead atoms. The van der Waals surface area contributed by atoms with Crippen LogP contribution in [0.15, 0.2) is 64.5 Å². The zero-order chi connectivity index (χ0) is 20.3. The van der Waals surface area contributed by atoms with Gasteiger partial charge in [-0.05, 0) is 37.5 Å². The van der Waals surface area contributed by atoms with E-state index in [-0.39, 0.29) is 5.54 Å². The first-order valence-corrected chi connectivity index (χ1v) is 11.6. The van der Waals surface area contributed by atoms with E-state index in [9.17, 15) is 8.42 Å². The number of rotatable bonds is 4. The summed E-state index contributed by atoms with van der Waals surface area (Å²) in [5, 5.41) is 7.13. The lowest BCUT2D eigenvalue weighted by atomic mass is 9.85. The number of aryl methyl sites for hydroxylation is 1. The molecular formula is C22H28N4O2S. The molecule has 0 aliphatic carbocycles. The number of hydrogen-bond donors (Lipinski definition) is 2. The first-order chi connectivity index (χ1) is 14.0. The van der Waals surface area contributed by atoms with E-state index in [0.717, 1.165) is 24.5 Å². The van der Waals surface area contributed by atoms with E-state index in [4.69, 9.17) is 4.99 Å². The monoisotopic (exact) mass is 412 g/mol. The molecule has 29 heavy (non-hydrogen) atoms. The Morgan fingerprint density at radius 2 is 1.76 bits per heavy atom. The van der Waals surface area contributed by atoms with Gasteiger partial charge in [0.25, 0.3) is 0 Å². The van der Waals surface area contributed by atoms with Crippen LogP contribution in [0.5, 0.6) is 0 Å². The summed E-state index contributed by atoms with van der Waals surface area (Å²) in [7, 11) is -3.46. The fourth-order valence-electron chi connectivity index (χ4n) is 4.09. The molecule has 0 radical (unpaired) electrons. The molecule has 1 spiro atoms. The molecule has 1 fully saturated rings. The summed E-state index contributed by atoms with van der Waals surface area (Å²) in [5.41, 5.74) is 1.99. The first-order valence-electron chi connectivity index (χ1n) is 10.1. The molecule has 2 aromatic carbocycles.